The summed E-state index contributed by atoms with van der Waals surface area (Å²) in [6, 6.07) is 7.16. The Kier molecular flexibility index (Phi) is 5.27. The third-order valence-corrected chi connectivity index (χ3v) is 4.10. The molecule has 1 aromatic carbocycles. The number of hydrogen-bond donors (Lipinski definition) is 2. The summed E-state index contributed by atoms with van der Waals surface area (Å²) in [5.74, 6) is 0.321. The van der Waals surface area contributed by atoms with Crippen molar-refractivity contribution in [3.05, 3.63) is 46.9 Å². The second kappa shape index (κ2) is 7.59. The lowest BCUT2D eigenvalue weighted by atomic mass is 10.2. The summed E-state index contributed by atoms with van der Waals surface area (Å²) >= 11 is 5.96. The van der Waals surface area contributed by atoms with Crippen LogP contribution in [0.1, 0.15) is 28.9 Å². The zero-order chi connectivity index (χ0) is 16.9. The summed E-state index contributed by atoms with van der Waals surface area (Å²) in [5.41, 5.74) is 2.19. The number of aryl methyl sites for hydroxylation is 1. The average molecular weight is 347 g/mol. The van der Waals surface area contributed by atoms with E-state index in [9.17, 15) is 4.79 Å². The lowest BCUT2D eigenvalue weighted by Crippen LogP contribution is -2.32. The summed E-state index contributed by atoms with van der Waals surface area (Å²) in [5, 5.41) is 6.70. The van der Waals surface area contributed by atoms with E-state index >= 15 is 0 Å². The Morgan fingerprint density at radius 1 is 1.38 bits per heavy atom. The van der Waals surface area contributed by atoms with Crippen molar-refractivity contribution in [1.29, 1.82) is 0 Å². The molecular formula is C17H19ClN4O2. The molecule has 2 N–H and O–H groups in total. The van der Waals surface area contributed by atoms with Crippen molar-refractivity contribution in [3.8, 4) is 0 Å². The van der Waals surface area contributed by atoms with E-state index in [0.717, 1.165) is 30.7 Å². The molecule has 1 aromatic heterocycles. The van der Waals surface area contributed by atoms with Gasteiger partial charge in [-0.1, -0.05) is 11.6 Å². The molecule has 3 rings (SSSR count). The predicted molar refractivity (Wildman–Crippen MR) is 92.8 cm³/mol. The molecule has 1 amide bonds. The van der Waals surface area contributed by atoms with Crippen molar-refractivity contribution in [2.45, 2.75) is 25.9 Å². The minimum Gasteiger partial charge on any atom is -0.376 e. The van der Waals surface area contributed by atoms with Crippen LogP contribution in [0.25, 0.3) is 0 Å². The van der Waals surface area contributed by atoms with E-state index < -0.39 is 0 Å². The van der Waals surface area contributed by atoms with Crippen LogP contribution in [0, 0.1) is 6.92 Å². The molecular weight excluding hydrogens is 328 g/mol. The largest absolute Gasteiger partial charge is 0.376 e. The Balaban J connectivity index is 1.65. The highest BCUT2D eigenvalue weighted by Crippen LogP contribution is 2.22. The minimum atomic E-state index is -0.233. The molecule has 0 saturated carbocycles. The number of anilines is 2. The van der Waals surface area contributed by atoms with Crippen molar-refractivity contribution >= 4 is 29.0 Å². The lowest BCUT2D eigenvalue weighted by Gasteiger charge is -2.12. The molecule has 1 fully saturated rings. The summed E-state index contributed by atoms with van der Waals surface area (Å²) in [6.07, 6.45) is 3.49. The Bertz CT molecular complexity index is 732. The maximum atomic E-state index is 12.2. The third-order valence-electron chi connectivity index (χ3n) is 3.87. The molecule has 24 heavy (non-hydrogen) atoms. The predicted octanol–water partition coefficient (Wildman–Crippen LogP) is 3.09. The first-order chi connectivity index (χ1) is 11.6. The fourth-order valence-corrected chi connectivity index (χ4v) is 2.78. The normalized spacial score (nSPS) is 16.8. The minimum absolute atomic E-state index is 0.102. The van der Waals surface area contributed by atoms with Gasteiger partial charge in [0.2, 0.25) is 0 Å². The van der Waals surface area contributed by atoms with Gasteiger partial charge in [0.1, 0.15) is 17.8 Å². The highest BCUT2D eigenvalue weighted by molar-refractivity contribution is 6.30. The van der Waals surface area contributed by atoms with Crippen molar-refractivity contribution < 1.29 is 9.53 Å². The molecule has 6 nitrogen and oxygen atoms in total. The summed E-state index contributed by atoms with van der Waals surface area (Å²) in [4.78, 5) is 20.4. The number of carbonyl (C=O) groups excluding carboxylic acids is 1. The maximum Gasteiger partial charge on any atom is 0.270 e. The fourth-order valence-electron chi connectivity index (χ4n) is 2.56. The summed E-state index contributed by atoms with van der Waals surface area (Å²) < 4.78 is 5.49. The molecule has 2 aromatic rings. The van der Waals surface area contributed by atoms with Gasteiger partial charge in [-0.15, -0.1) is 0 Å². The smallest absolute Gasteiger partial charge is 0.270 e. The highest BCUT2D eigenvalue weighted by Gasteiger charge is 2.17. The van der Waals surface area contributed by atoms with Crippen molar-refractivity contribution in [3.63, 3.8) is 0 Å². The van der Waals surface area contributed by atoms with Crippen LogP contribution in [-0.4, -0.2) is 35.1 Å². The average Bonchev–Trinajstić information content (AvgIpc) is 3.09. The van der Waals surface area contributed by atoms with E-state index in [4.69, 9.17) is 16.3 Å². The molecule has 0 spiro atoms. The summed E-state index contributed by atoms with van der Waals surface area (Å²) in [6.45, 7) is 3.22. The fraction of sp³-hybridized carbons (Fsp3) is 0.353. The molecule has 1 unspecified atom stereocenters. The van der Waals surface area contributed by atoms with Gasteiger partial charge in [0, 0.05) is 29.9 Å². The van der Waals surface area contributed by atoms with E-state index in [1.807, 2.05) is 19.1 Å². The Hall–Kier alpha value is -2.18. The van der Waals surface area contributed by atoms with E-state index in [1.165, 1.54) is 6.33 Å². The number of halogens is 1. The van der Waals surface area contributed by atoms with Crippen LogP contribution in [0.2, 0.25) is 5.02 Å². The highest BCUT2D eigenvalue weighted by atomic mass is 35.5. The molecule has 126 valence electrons. The molecule has 1 aliphatic heterocycles. The lowest BCUT2D eigenvalue weighted by molar-refractivity contribution is 0.0853. The topological polar surface area (TPSA) is 76.1 Å². The van der Waals surface area contributed by atoms with Crippen LogP contribution in [-0.2, 0) is 4.74 Å². The number of hydrogen-bond acceptors (Lipinski definition) is 5. The summed E-state index contributed by atoms with van der Waals surface area (Å²) in [7, 11) is 0. The first-order valence-corrected chi connectivity index (χ1v) is 8.24. The molecule has 2 heterocycles. The van der Waals surface area contributed by atoms with Gasteiger partial charge < -0.3 is 15.4 Å². The van der Waals surface area contributed by atoms with Gasteiger partial charge in [-0.05, 0) is 43.5 Å². The van der Waals surface area contributed by atoms with Crippen molar-refractivity contribution in [2.75, 3.05) is 18.5 Å². The monoisotopic (exact) mass is 346 g/mol. The standard InChI is InChI=1S/C17H19ClN4O2/c1-11-7-12(18)4-5-14(11)22-16-8-15(20-10-21-16)17(23)19-9-13-3-2-6-24-13/h4-5,7-8,10,13H,2-3,6,9H2,1H3,(H,19,23)(H,20,21,22). The van der Waals surface area contributed by atoms with Gasteiger partial charge in [-0.3, -0.25) is 4.79 Å². The quantitative estimate of drug-likeness (QED) is 0.870. The molecule has 0 aliphatic carbocycles. The first-order valence-electron chi connectivity index (χ1n) is 7.87. The van der Waals surface area contributed by atoms with E-state index in [1.54, 1.807) is 12.1 Å². The molecule has 1 saturated heterocycles. The molecule has 1 aliphatic rings. The van der Waals surface area contributed by atoms with Gasteiger partial charge in [-0.25, -0.2) is 9.97 Å². The SMILES string of the molecule is Cc1cc(Cl)ccc1Nc1cc(C(=O)NCC2CCCO2)ncn1. The Morgan fingerprint density at radius 2 is 2.25 bits per heavy atom. The van der Waals surface area contributed by atoms with Crippen LogP contribution >= 0.6 is 11.6 Å². The third kappa shape index (κ3) is 4.21. The number of rotatable bonds is 5. The number of aromatic nitrogens is 2. The van der Waals surface area contributed by atoms with Crippen molar-refractivity contribution in [1.82, 2.24) is 15.3 Å². The van der Waals surface area contributed by atoms with Crippen LogP contribution in [0.3, 0.4) is 0 Å². The Labute approximate surface area is 145 Å². The van der Waals surface area contributed by atoms with Crippen LogP contribution < -0.4 is 10.6 Å². The maximum absolute atomic E-state index is 12.2. The molecule has 1 atom stereocenters. The molecule has 0 radical (unpaired) electrons. The van der Waals surface area contributed by atoms with Crippen LogP contribution in [0.15, 0.2) is 30.6 Å². The van der Waals surface area contributed by atoms with Gasteiger partial charge in [0.25, 0.3) is 5.91 Å². The molecule has 7 heteroatoms. The molecule has 0 bridgehead atoms. The van der Waals surface area contributed by atoms with E-state index in [0.29, 0.717) is 23.1 Å². The zero-order valence-electron chi connectivity index (χ0n) is 13.4. The number of ether oxygens (including phenoxy) is 1. The van der Waals surface area contributed by atoms with Gasteiger partial charge in [0.05, 0.1) is 6.10 Å². The number of benzene rings is 1. The van der Waals surface area contributed by atoms with E-state index in [2.05, 4.69) is 20.6 Å². The van der Waals surface area contributed by atoms with Gasteiger partial charge >= 0.3 is 0 Å². The number of carbonyl (C=O) groups is 1. The number of nitrogens with zero attached hydrogens (tertiary/aromatic N) is 2. The van der Waals surface area contributed by atoms with E-state index in [-0.39, 0.29) is 12.0 Å². The number of amides is 1. The zero-order valence-corrected chi connectivity index (χ0v) is 14.1. The van der Waals surface area contributed by atoms with Crippen LogP contribution in [0.5, 0.6) is 0 Å². The second-order valence-electron chi connectivity index (χ2n) is 5.72. The number of nitrogens with one attached hydrogen (secondary N) is 2. The Morgan fingerprint density at radius 3 is 3.00 bits per heavy atom. The van der Waals surface area contributed by atoms with Crippen LogP contribution in [0.4, 0.5) is 11.5 Å². The second-order valence-corrected chi connectivity index (χ2v) is 6.15. The van der Waals surface area contributed by atoms with Gasteiger partial charge in [-0.2, -0.15) is 0 Å². The van der Waals surface area contributed by atoms with Gasteiger partial charge in [0.15, 0.2) is 0 Å². The van der Waals surface area contributed by atoms with Crippen molar-refractivity contribution in [2.24, 2.45) is 0 Å². The first kappa shape index (κ1) is 16.7.